The summed E-state index contributed by atoms with van der Waals surface area (Å²) in [6.45, 7) is 4.01. The zero-order chi connectivity index (χ0) is 27.1. The number of fused-ring (bicyclic) bond motifs is 5. The van der Waals surface area contributed by atoms with Crippen LogP contribution in [0.3, 0.4) is 0 Å². The van der Waals surface area contributed by atoms with E-state index in [-0.39, 0.29) is 53.3 Å². The first-order valence-electron chi connectivity index (χ1n) is 15.0. The molecular formula is C26H44O4. The Morgan fingerprint density at radius 2 is 1.83 bits per heavy atom. The topological polar surface area (TPSA) is 77.8 Å². The first kappa shape index (κ1) is 16.1. The highest BCUT2D eigenvalue weighted by molar-refractivity contribution is 5.66. The maximum atomic E-state index is 12.0. The molecule has 30 heavy (non-hydrogen) atoms. The molecule has 172 valence electrons. The minimum absolute atomic E-state index is 0.00868. The predicted molar refractivity (Wildman–Crippen MR) is 118 cm³/mol. The number of aliphatic hydroxyl groups is 2. The van der Waals surface area contributed by atoms with E-state index in [0.717, 1.165) is 32.1 Å². The van der Waals surface area contributed by atoms with Gasteiger partial charge in [0, 0.05) is 13.2 Å². The van der Waals surface area contributed by atoms with Gasteiger partial charge in [-0.3, -0.25) is 4.79 Å². The van der Waals surface area contributed by atoms with Crippen LogP contribution < -0.4 is 0 Å². The van der Waals surface area contributed by atoms with Crippen LogP contribution in [0.15, 0.2) is 0 Å². The van der Waals surface area contributed by atoms with Gasteiger partial charge >= 0.3 is 5.97 Å². The van der Waals surface area contributed by atoms with Crippen molar-refractivity contribution in [3.05, 3.63) is 0 Å². The maximum absolute atomic E-state index is 12.0. The van der Waals surface area contributed by atoms with E-state index in [1.807, 2.05) is 6.92 Å². The van der Waals surface area contributed by atoms with E-state index in [4.69, 9.17) is 6.85 Å². The molecule has 0 saturated heterocycles. The predicted octanol–water partition coefficient (Wildman–Crippen LogP) is 5.11. The summed E-state index contributed by atoms with van der Waals surface area (Å²) in [6.07, 6.45) is -0.0213. The molecule has 0 unspecified atom stereocenters. The van der Waals surface area contributed by atoms with Crippen molar-refractivity contribution in [2.75, 3.05) is 0 Å². The molecule has 0 bridgehead atoms. The summed E-state index contributed by atoms with van der Waals surface area (Å²) in [5.74, 6) is -2.87. The fourth-order valence-corrected chi connectivity index (χ4v) is 8.79. The van der Waals surface area contributed by atoms with Crippen LogP contribution in [-0.4, -0.2) is 33.5 Å². The molecule has 0 amide bonds. The van der Waals surface area contributed by atoms with Gasteiger partial charge in [0.05, 0.1) is 13.6 Å². The lowest BCUT2D eigenvalue weighted by Crippen LogP contribution is -2.62. The van der Waals surface area contributed by atoms with Gasteiger partial charge in [-0.05, 0) is 104 Å². The Hall–Kier alpha value is -0.610. The van der Waals surface area contributed by atoms with Gasteiger partial charge < -0.3 is 15.3 Å². The fraction of sp³-hybridized carbons (Fsp3) is 0.962. The zero-order valence-corrected chi connectivity index (χ0v) is 18.7. The third kappa shape index (κ3) is 3.36. The van der Waals surface area contributed by atoms with Gasteiger partial charge in [-0.1, -0.05) is 34.0 Å². The van der Waals surface area contributed by atoms with Crippen molar-refractivity contribution in [3.8, 4) is 0 Å². The van der Waals surface area contributed by atoms with Gasteiger partial charge in [-0.15, -0.1) is 0 Å². The molecule has 0 heterocycles. The largest absolute Gasteiger partial charge is 0.481 e. The van der Waals surface area contributed by atoms with Crippen LogP contribution in [0, 0.1) is 52.3 Å². The highest BCUT2D eigenvalue weighted by Crippen LogP contribution is 2.69. The number of carboxylic acids is 1. The second-order valence-electron chi connectivity index (χ2n) is 11.4. The molecule has 0 spiro atoms. The lowest BCUT2D eigenvalue weighted by Gasteiger charge is -2.64. The van der Waals surface area contributed by atoms with E-state index in [9.17, 15) is 21.5 Å². The fourth-order valence-electron chi connectivity index (χ4n) is 8.79. The van der Waals surface area contributed by atoms with Crippen molar-refractivity contribution in [2.45, 2.75) is 104 Å². The number of hydrogen-bond acceptors (Lipinski definition) is 3. The smallest absolute Gasteiger partial charge is 0.303 e. The molecule has 4 aliphatic rings. The van der Waals surface area contributed by atoms with E-state index < -0.39 is 43.2 Å². The highest BCUT2D eigenvalue weighted by atomic mass is 16.4. The number of carbonyl (C=O) groups is 1. The Morgan fingerprint density at radius 3 is 2.53 bits per heavy atom. The summed E-state index contributed by atoms with van der Waals surface area (Å²) in [4.78, 5) is 11.5. The second-order valence-corrected chi connectivity index (χ2v) is 11.4. The maximum Gasteiger partial charge on any atom is 0.303 e. The van der Waals surface area contributed by atoms with E-state index in [1.54, 1.807) is 0 Å². The van der Waals surface area contributed by atoms with Crippen molar-refractivity contribution >= 4 is 5.97 Å². The van der Waals surface area contributed by atoms with Gasteiger partial charge in [-0.25, -0.2) is 0 Å². The van der Waals surface area contributed by atoms with Crippen LogP contribution in [0.1, 0.15) is 100 Å². The lowest BCUT2D eigenvalue weighted by atomic mass is 9.41. The Kier molecular flexibility index (Phi) is 4.32. The Labute approximate surface area is 191 Å². The molecule has 0 aromatic carbocycles. The summed E-state index contributed by atoms with van der Waals surface area (Å²) in [7, 11) is 0. The molecule has 4 fully saturated rings. The standard InChI is InChI=1S/C26H44O4/c1-5-17-21-14-16(27)10-12-26(21,4)20-11-13-25(3)18(15(2)6-9-22(28)29)7-8-19(25)23(20)24(17)30/h15-21,23-24,27,30H,5-14H2,1-4H3,(H,28,29)/t15-,16-,17-,18-,19+,20+,21+,23+,24-,25-,26-/m1/s1/i1D3,9D2,24D. The van der Waals surface area contributed by atoms with Gasteiger partial charge in [0.15, 0.2) is 0 Å². The van der Waals surface area contributed by atoms with Crippen LogP contribution in [0.25, 0.3) is 0 Å². The molecule has 11 atom stereocenters. The lowest BCUT2D eigenvalue weighted by molar-refractivity contribution is -0.203. The molecule has 0 aliphatic heterocycles. The minimum atomic E-state index is -2.31. The third-order valence-corrected chi connectivity index (χ3v) is 10.3. The first-order chi connectivity index (χ1) is 16.3. The number of aliphatic hydroxyl groups excluding tert-OH is 1. The van der Waals surface area contributed by atoms with E-state index in [0.29, 0.717) is 12.8 Å². The first-order valence-corrected chi connectivity index (χ1v) is 12.0. The van der Waals surface area contributed by atoms with Crippen molar-refractivity contribution in [1.82, 2.24) is 0 Å². The molecule has 0 aromatic rings. The summed E-state index contributed by atoms with van der Waals surface area (Å²) in [5.41, 5.74) is -0.523. The summed E-state index contributed by atoms with van der Waals surface area (Å²) in [5, 5.41) is 31.8. The monoisotopic (exact) mass is 426 g/mol. The normalized spacial score (nSPS) is 57.8. The minimum Gasteiger partial charge on any atom is -0.481 e. The SMILES string of the molecule is [2H]C([2H])([2H])C[C@@H]1[C@@H]2C[C@H](O)CC[C@]2(C)[C@H]2CC[C@]3(C)[C@@H]([C@H](C)CC([2H])([2H])C(=O)O)CC[C@H]3[C@@H]2[C@]1([2H])O. The van der Waals surface area contributed by atoms with Crippen molar-refractivity contribution in [1.29, 1.82) is 0 Å². The zero-order valence-electron chi connectivity index (χ0n) is 24.7. The van der Waals surface area contributed by atoms with Gasteiger partial charge in [-0.2, -0.15) is 0 Å². The van der Waals surface area contributed by atoms with E-state index >= 15 is 0 Å². The average Bonchev–Trinajstić information content (AvgIpc) is 3.08. The second kappa shape index (κ2) is 8.06. The van der Waals surface area contributed by atoms with Gasteiger partial charge in [0.25, 0.3) is 0 Å². The Bertz CT molecular complexity index is 862. The molecular weight excluding hydrogens is 376 g/mol. The Balaban J connectivity index is 1.71. The number of aliphatic carboxylic acids is 1. The third-order valence-electron chi connectivity index (χ3n) is 10.3. The van der Waals surface area contributed by atoms with Crippen LogP contribution in [0.5, 0.6) is 0 Å². The van der Waals surface area contributed by atoms with Crippen molar-refractivity contribution in [3.63, 3.8) is 0 Å². The van der Waals surface area contributed by atoms with E-state index in [1.165, 1.54) is 0 Å². The van der Waals surface area contributed by atoms with Crippen molar-refractivity contribution < 1.29 is 28.3 Å². The van der Waals surface area contributed by atoms with Gasteiger partial charge in [0.1, 0.15) is 0 Å². The molecule has 4 saturated carbocycles. The van der Waals surface area contributed by atoms with Crippen LogP contribution in [0.4, 0.5) is 0 Å². The van der Waals surface area contributed by atoms with Crippen LogP contribution >= 0.6 is 0 Å². The molecule has 4 nitrogen and oxygen atoms in total. The number of carboxylic acid groups (broad SMARTS) is 1. The highest BCUT2D eigenvalue weighted by Gasteiger charge is 2.64. The van der Waals surface area contributed by atoms with E-state index in [2.05, 4.69) is 13.8 Å². The molecule has 0 aromatic heterocycles. The Morgan fingerprint density at radius 1 is 1.13 bits per heavy atom. The summed E-state index contributed by atoms with van der Waals surface area (Å²) in [6, 6.07) is 0. The summed E-state index contributed by atoms with van der Waals surface area (Å²) < 4.78 is 49.2. The van der Waals surface area contributed by atoms with Crippen molar-refractivity contribution in [2.24, 2.45) is 52.3 Å². The quantitative estimate of drug-likeness (QED) is 0.570. The van der Waals surface area contributed by atoms with Gasteiger partial charge in [0.2, 0.25) is 0 Å². The van der Waals surface area contributed by atoms with Crippen LogP contribution in [-0.2, 0) is 4.79 Å². The number of hydrogen-bond donors (Lipinski definition) is 3. The molecule has 4 rings (SSSR count). The molecule has 3 N–H and O–H groups in total. The summed E-state index contributed by atoms with van der Waals surface area (Å²) >= 11 is 0. The molecule has 4 aliphatic carbocycles. The van der Waals surface area contributed by atoms with Crippen LogP contribution in [0.2, 0.25) is 0 Å². The molecule has 4 heteroatoms. The number of rotatable bonds is 5. The molecule has 0 radical (unpaired) electrons. The average molecular weight is 427 g/mol.